The van der Waals surface area contributed by atoms with Gasteiger partial charge in [0.1, 0.15) is 0 Å². The maximum Gasteiger partial charge on any atom is 0.275 e. The highest BCUT2D eigenvalue weighted by atomic mass is 16.5. The largest absolute Gasteiger partial charge is 0.376 e. The molecule has 2 atom stereocenters. The van der Waals surface area contributed by atoms with Crippen LogP contribution in [0.3, 0.4) is 0 Å². The van der Waals surface area contributed by atoms with Crippen molar-refractivity contribution in [2.24, 2.45) is 0 Å². The number of hydrogen-bond donors (Lipinski definition) is 1. The molecule has 1 aliphatic heterocycles. The van der Waals surface area contributed by atoms with E-state index >= 15 is 0 Å². The quantitative estimate of drug-likeness (QED) is 0.902. The molecule has 1 aromatic carbocycles. The van der Waals surface area contributed by atoms with Crippen molar-refractivity contribution in [3.05, 3.63) is 40.3 Å². The van der Waals surface area contributed by atoms with Crippen molar-refractivity contribution in [1.29, 1.82) is 0 Å². The number of ether oxygens (including phenoxy) is 1. The van der Waals surface area contributed by atoms with Crippen molar-refractivity contribution >= 4 is 16.7 Å². The molecule has 1 aromatic heterocycles. The second kappa shape index (κ2) is 6.70. The van der Waals surface area contributed by atoms with Gasteiger partial charge in [-0.1, -0.05) is 18.2 Å². The third-order valence-electron chi connectivity index (χ3n) is 4.36. The number of fused-ring (bicyclic) bond motifs is 1. The minimum Gasteiger partial charge on any atom is -0.376 e. The predicted octanol–water partition coefficient (Wildman–Crippen LogP) is 0.823. The van der Waals surface area contributed by atoms with Crippen molar-refractivity contribution in [2.45, 2.75) is 32.7 Å². The predicted molar refractivity (Wildman–Crippen MR) is 91.0 cm³/mol. The zero-order valence-corrected chi connectivity index (χ0v) is 14.2. The van der Waals surface area contributed by atoms with Gasteiger partial charge in [-0.3, -0.25) is 14.5 Å². The van der Waals surface area contributed by atoms with Crippen molar-refractivity contribution < 1.29 is 9.53 Å². The zero-order chi connectivity index (χ0) is 17.3. The summed E-state index contributed by atoms with van der Waals surface area (Å²) in [6.45, 7) is 5.73. The average Bonchev–Trinajstić information content (AvgIpc) is 2.60. The van der Waals surface area contributed by atoms with Crippen LogP contribution in [0.15, 0.2) is 29.1 Å². The Balaban J connectivity index is 2.06. The van der Waals surface area contributed by atoms with Crippen LogP contribution in [0.2, 0.25) is 0 Å². The second-order valence-electron chi connectivity index (χ2n) is 6.18. The van der Waals surface area contributed by atoms with Crippen LogP contribution < -0.4 is 10.9 Å². The number of hydrogen-bond acceptors (Lipinski definition) is 5. The molecule has 1 N–H and O–H groups in total. The standard InChI is InChI=1S/C17H22N4O3/c1-11-9-24-12(2)8-20(11)10-21-17(23)14-7-5-4-6-13(14)15(19-21)16(22)18-3/h4-7,11-12H,8-10H2,1-3H3,(H,18,22)/t11-,12+/m0/s1. The van der Waals surface area contributed by atoms with E-state index in [0.29, 0.717) is 24.0 Å². The fourth-order valence-corrected chi connectivity index (χ4v) is 2.96. The number of morpholine rings is 1. The Kier molecular flexibility index (Phi) is 4.64. The molecular weight excluding hydrogens is 308 g/mol. The molecule has 1 aliphatic rings. The number of aromatic nitrogens is 2. The van der Waals surface area contributed by atoms with Crippen LogP contribution in [0.1, 0.15) is 24.3 Å². The van der Waals surface area contributed by atoms with Crippen LogP contribution in [0.25, 0.3) is 10.8 Å². The van der Waals surface area contributed by atoms with E-state index in [4.69, 9.17) is 4.74 Å². The summed E-state index contributed by atoms with van der Waals surface area (Å²) >= 11 is 0. The number of amides is 1. The van der Waals surface area contributed by atoms with E-state index in [2.05, 4.69) is 22.2 Å². The maximum atomic E-state index is 12.8. The molecule has 24 heavy (non-hydrogen) atoms. The first-order valence-electron chi connectivity index (χ1n) is 8.09. The van der Waals surface area contributed by atoms with E-state index < -0.39 is 0 Å². The van der Waals surface area contributed by atoms with Crippen LogP contribution in [0.5, 0.6) is 0 Å². The van der Waals surface area contributed by atoms with Crippen LogP contribution in [0, 0.1) is 0 Å². The Morgan fingerprint density at radius 2 is 2.04 bits per heavy atom. The van der Waals surface area contributed by atoms with Crippen molar-refractivity contribution in [2.75, 3.05) is 20.2 Å². The summed E-state index contributed by atoms with van der Waals surface area (Å²) in [5.74, 6) is -0.302. The molecule has 0 unspecified atom stereocenters. The van der Waals surface area contributed by atoms with Gasteiger partial charge in [0.25, 0.3) is 11.5 Å². The number of nitrogens with one attached hydrogen (secondary N) is 1. The number of benzene rings is 1. The summed E-state index contributed by atoms with van der Waals surface area (Å²) < 4.78 is 7.00. The van der Waals surface area contributed by atoms with Gasteiger partial charge in [-0.15, -0.1) is 0 Å². The van der Waals surface area contributed by atoms with Gasteiger partial charge in [0.05, 0.1) is 24.8 Å². The summed E-state index contributed by atoms with van der Waals surface area (Å²) in [5.41, 5.74) is 0.0752. The smallest absolute Gasteiger partial charge is 0.275 e. The molecule has 1 fully saturated rings. The monoisotopic (exact) mass is 330 g/mol. The van der Waals surface area contributed by atoms with E-state index in [1.165, 1.54) is 4.68 Å². The van der Waals surface area contributed by atoms with Gasteiger partial charge in [-0.2, -0.15) is 5.10 Å². The average molecular weight is 330 g/mol. The fraction of sp³-hybridized carbons (Fsp3) is 0.471. The number of carbonyl (C=O) groups excluding carboxylic acids is 1. The van der Waals surface area contributed by atoms with E-state index in [9.17, 15) is 9.59 Å². The highest BCUT2D eigenvalue weighted by molar-refractivity contribution is 6.04. The molecule has 3 rings (SSSR count). The lowest BCUT2D eigenvalue weighted by Gasteiger charge is -2.36. The summed E-state index contributed by atoms with van der Waals surface area (Å²) in [5, 5.41) is 7.99. The number of nitrogens with zero attached hydrogens (tertiary/aromatic N) is 3. The van der Waals surface area contributed by atoms with Gasteiger partial charge in [0.2, 0.25) is 0 Å². The van der Waals surface area contributed by atoms with Gasteiger partial charge in [0.15, 0.2) is 5.69 Å². The van der Waals surface area contributed by atoms with Crippen molar-refractivity contribution in [3.63, 3.8) is 0 Å². The molecule has 2 aromatic rings. The lowest BCUT2D eigenvalue weighted by atomic mass is 10.1. The normalized spacial score (nSPS) is 21.8. The molecule has 0 saturated carbocycles. The van der Waals surface area contributed by atoms with Crippen LogP contribution in [-0.2, 0) is 11.4 Å². The highest BCUT2D eigenvalue weighted by Crippen LogP contribution is 2.15. The number of carbonyl (C=O) groups is 1. The summed E-state index contributed by atoms with van der Waals surface area (Å²) in [4.78, 5) is 27.1. The second-order valence-corrected chi connectivity index (χ2v) is 6.18. The van der Waals surface area contributed by atoms with E-state index in [-0.39, 0.29) is 29.3 Å². The first kappa shape index (κ1) is 16.6. The Hall–Kier alpha value is -2.25. The van der Waals surface area contributed by atoms with Gasteiger partial charge < -0.3 is 10.1 Å². The van der Waals surface area contributed by atoms with E-state index in [0.717, 1.165) is 6.54 Å². The van der Waals surface area contributed by atoms with Crippen LogP contribution >= 0.6 is 0 Å². The Morgan fingerprint density at radius 1 is 1.33 bits per heavy atom. The van der Waals surface area contributed by atoms with Crippen molar-refractivity contribution in [3.8, 4) is 0 Å². The minimum absolute atomic E-state index is 0.107. The van der Waals surface area contributed by atoms with E-state index in [1.54, 1.807) is 31.3 Å². The Labute approximate surface area is 140 Å². The van der Waals surface area contributed by atoms with E-state index in [1.807, 2.05) is 6.92 Å². The molecule has 0 bridgehead atoms. The van der Waals surface area contributed by atoms with Gasteiger partial charge >= 0.3 is 0 Å². The number of rotatable bonds is 3. The fourth-order valence-electron chi connectivity index (χ4n) is 2.96. The Bertz CT molecular complexity index is 817. The molecule has 1 amide bonds. The first-order valence-corrected chi connectivity index (χ1v) is 8.09. The molecule has 7 heteroatoms. The minimum atomic E-state index is -0.302. The lowest BCUT2D eigenvalue weighted by Crippen LogP contribution is -2.49. The van der Waals surface area contributed by atoms with Crippen LogP contribution in [-0.4, -0.2) is 52.9 Å². The molecule has 2 heterocycles. The summed E-state index contributed by atoms with van der Waals surface area (Å²) in [6.07, 6.45) is 0.107. The van der Waals surface area contributed by atoms with Crippen molar-refractivity contribution in [1.82, 2.24) is 20.0 Å². The molecule has 7 nitrogen and oxygen atoms in total. The topological polar surface area (TPSA) is 76.5 Å². The zero-order valence-electron chi connectivity index (χ0n) is 14.2. The van der Waals surface area contributed by atoms with Crippen LogP contribution in [0.4, 0.5) is 0 Å². The molecule has 1 saturated heterocycles. The molecule has 128 valence electrons. The summed E-state index contributed by atoms with van der Waals surface area (Å²) in [7, 11) is 1.56. The third kappa shape index (κ3) is 3.05. The third-order valence-corrected chi connectivity index (χ3v) is 4.36. The highest BCUT2D eigenvalue weighted by Gasteiger charge is 2.25. The Morgan fingerprint density at radius 3 is 2.75 bits per heavy atom. The van der Waals surface area contributed by atoms with Gasteiger partial charge in [-0.05, 0) is 19.9 Å². The molecule has 0 aliphatic carbocycles. The summed E-state index contributed by atoms with van der Waals surface area (Å²) in [6, 6.07) is 7.25. The SMILES string of the molecule is CNC(=O)c1nn(CN2C[C@@H](C)OC[C@@H]2C)c(=O)c2ccccc12. The van der Waals surface area contributed by atoms with Gasteiger partial charge in [-0.25, -0.2) is 4.68 Å². The molecule has 0 radical (unpaired) electrons. The van der Waals surface area contributed by atoms with Gasteiger partial charge in [0, 0.05) is 25.0 Å². The first-order chi connectivity index (χ1) is 11.5. The maximum absolute atomic E-state index is 12.8. The lowest BCUT2D eigenvalue weighted by molar-refractivity contribution is -0.0628. The molecule has 0 spiro atoms. The molecular formula is C17H22N4O3.